The molecule has 0 aliphatic carbocycles. The van der Waals surface area contributed by atoms with Gasteiger partial charge in [-0.15, -0.1) is 0 Å². The van der Waals surface area contributed by atoms with Crippen LogP contribution >= 0.6 is 11.6 Å². The van der Waals surface area contributed by atoms with Crippen molar-refractivity contribution >= 4 is 17.5 Å². The second-order valence-electron chi connectivity index (χ2n) is 4.93. The molecule has 1 amide bonds. The van der Waals surface area contributed by atoms with Crippen LogP contribution in [0.1, 0.15) is 30.6 Å². The minimum atomic E-state index is 0.0318. The van der Waals surface area contributed by atoms with Gasteiger partial charge in [0.15, 0.2) is 0 Å². The standard InChI is InChI=1S/C14H19ClN2O/c1-10(2)17(11-7-8-16-9-11)14(18)12-5-3-4-6-13(12)15/h3-6,10-11,16H,7-9H2,1-2H3. The van der Waals surface area contributed by atoms with E-state index in [4.69, 9.17) is 11.6 Å². The van der Waals surface area contributed by atoms with Crippen LogP contribution in [0.2, 0.25) is 5.02 Å². The molecule has 1 aromatic rings. The minimum Gasteiger partial charge on any atom is -0.332 e. The average Bonchev–Trinajstić information content (AvgIpc) is 2.82. The van der Waals surface area contributed by atoms with E-state index in [1.54, 1.807) is 12.1 Å². The number of carbonyl (C=O) groups excluding carboxylic acids is 1. The molecule has 1 N–H and O–H groups in total. The number of benzene rings is 1. The molecule has 1 atom stereocenters. The zero-order valence-electron chi connectivity index (χ0n) is 10.8. The van der Waals surface area contributed by atoms with E-state index in [1.807, 2.05) is 30.9 Å². The van der Waals surface area contributed by atoms with Crippen LogP contribution in [0.15, 0.2) is 24.3 Å². The van der Waals surface area contributed by atoms with Crippen molar-refractivity contribution in [2.75, 3.05) is 13.1 Å². The van der Waals surface area contributed by atoms with Gasteiger partial charge in [-0.25, -0.2) is 0 Å². The van der Waals surface area contributed by atoms with Crippen molar-refractivity contribution in [3.05, 3.63) is 34.9 Å². The first-order chi connectivity index (χ1) is 8.61. The number of hydrogen-bond acceptors (Lipinski definition) is 2. The summed E-state index contributed by atoms with van der Waals surface area (Å²) in [4.78, 5) is 14.6. The highest BCUT2D eigenvalue weighted by Crippen LogP contribution is 2.21. The fraction of sp³-hybridized carbons (Fsp3) is 0.500. The molecule has 3 nitrogen and oxygen atoms in total. The topological polar surface area (TPSA) is 32.3 Å². The lowest BCUT2D eigenvalue weighted by Crippen LogP contribution is -2.46. The summed E-state index contributed by atoms with van der Waals surface area (Å²) in [6, 6.07) is 7.70. The van der Waals surface area contributed by atoms with E-state index in [0.717, 1.165) is 19.5 Å². The van der Waals surface area contributed by atoms with E-state index in [-0.39, 0.29) is 18.0 Å². The van der Waals surface area contributed by atoms with Crippen LogP contribution in [-0.4, -0.2) is 36.0 Å². The fourth-order valence-corrected chi connectivity index (χ4v) is 2.69. The van der Waals surface area contributed by atoms with E-state index in [0.29, 0.717) is 10.6 Å². The summed E-state index contributed by atoms with van der Waals surface area (Å²) in [5, 5.41) is 3.83. The minimum absolute atomic E-state index is 0.0318. The normalized spacial score (nSPS) is 19.2. The number of carbonyl (C=O) groups is 1. The number of hydrogen-bond donors (Lipinski definition) is 1. The zero-order chi connectivity index (χ0) is 13.1. The first-order valence-corrected chi connectivity index (χ1v) is 6.77. The van der Waals surface area contributed by atoms with Crippen LogP contribution in [0.5, 0.6) is 0 Å². The Bertz CT molecular complexity index is 428. The van der Waals surface area contributed by atoms with Crippen molar-refractivity contribution in [2.24, 2.45) is 0 Å². The molecule has 4 heteroatoms. The number of amides is 1. The maximum atomic E-state index is 12.6. The van der Waals surface area contributed by atoms with Gasteiger partial charge in [0.1, 0.15) is 0 Å². The van der Waals surface area contributed by atoms with Crippen LogP contribution in [-0.2, 0) is 0 Å². The van der Waals surface area contributed by atoms with Gasteiger partial charge in [0, 0.05) is 18.6 Å². The van der Waals surface area contributed by atoms with Gasteiger partial charge >= 0.3 is 0 Å². The molecular weight excluding hydrogens is 248 g/mol. The SMILES string of the molecule is CC(C)N(C(=O)c1ccccc1Cl)C1CCNC1. The van der Waals surface area contributed by atoms with E-state index >= 15 is 0 Å². The molecule has 18 heavy (non-hydrogen) atoms. The first kappa shape index (κ1) is 13.4. The van der Waals surface area contributed by atoms with Crippen LogP contribution in [0.3, 0.4) is 0 Å². The van der Waals surface area contributed by atoms with Crippen molar-refractivity contribution in [1.82, 2.24) is 10.2 Å². The van der Waals surface area contributed by atoms with Crippen LogP contribution in [0, 0.1) is 0 Å². The van der Waals surface area contributed by atoms with Gasteiger partial charge in [0.2, 0.25) is 0 Å². The van der Waals surface area contributed by atoms with E-state index in [2.05, 4.69) is 5.32 Å². The lowest BCUT2D eigenvalue weighted by atomic mass is 10.1. The molecule has 1 unspecified atom stereocenters. The first-order valence-electron chi connectivity index (χ1n) is 6.39. The number of halogens is 1. The number of nitrogens with zero attached hydrogens (tertiary/aromatic N) is 1. The largest absolute Gasteiger partial charge is 0.332 e. The molecule has 0 saturated carbocycles. The van der Waals surface area contributed by atoms with Gasteiger partial charge in [-0.2, -0.15) is 0 Å². The molecule has 1 aromatic carbocycles. The molecule has 1 heterocycles. The van der Waals surface area contributed by atoms with Crippen molar-refractivity contribution < 1.29 is 4.79 Å². The lowest BCUT2D eigenvalue weighted by molar-refractivity contribution is 0.0627. The third-order valence-corrected chi connectivity index (χ3v) is 3.65. The van der Waals surface area contributed by atoms with E-state index < -0.39 is 0 Å². The molecule has 1 saturated heterocycles. The number of nitrogens with one attached hydrogen (secondary N) is 1. The number of rotatable bonds is 3. The van der Waals surface area contributed by atoms with Gasteiger partial charge in [0.05, 0.1) is 10.6 Å². The van der Waals surface area contributed by atoms with E-state index in [9.17, 15) is 4.79 Å². The highest BCUT2D eigenvalue weighted by atomic mass is 35.5. The van der Waals surface area contributed by atoms with Crippen LogP contribution in [0.25, 0.3) is 0 Å². The molecule has 98 valence electrons. The van der Waals surface area contributed by atoms with Gasteiger partial charge in [-0.05, 0) is 38.9 Å². The van der Waals surface area contributed by atoms with Crippen molar-refractivity contribution in [2.45, 2.75) is 32.4 Å². The van der Waals surface area contributed by atoms with Gasteiger partial charge < -0.3 is 10.2 Å². The maximum absolute atomic E-state index is 12.6. The van der Waals surface area contributed by atoms with Crippen molar-refractivity contribution in [1.29, 1.82) is 0 Å². The summed E-state index contributed by atoms with van der Waals surface area (Å²) in [6.45, 7) is 5.94. The Morgan fingerprint density at radius 3 is 2.72 bits per heavy atom. The highest BCUT2D eigenvalue weighted by Gasteiger charge is 2.29. The summed E-state index contributed by atoms with van der Waals surface area (Å²) < 4.78 is 0. The van der Waals surface area contributed by atoms with E-state index in [1.165, 1.54) is 0 Å². The molecule has 1 fully saturated rings. The van der Waals surface area contributed by atoms with Gasteiger partial charge in [-0.1, -0.05) is 23.7 Å². The van der Waals surface area contributed by atoms with Gasteiger partial charge in [0.25, 0.3) is 5.91 Å². The van der Waals surface area contributed by atoms with Crippen LogP contribution in [0.4, 0.5) is 0 Å². The zero-order valence-corrected chi connectivity index (χ0v) is 11.6. The molecular formula is C14H19ClN2O. The summed E-state index contributed by atoms with van der Waals surface area (Å²) in [5.41, 5.74) is 0.597. The van der Waals surface area contributed by atoms with Gasteiger partial charge in [-0.3, -0.25) is 4.79 Å². The summed E-state index contributed by atoms with van der Waals surface area (Å²) in [5.74, 6) is 0.0318. The Balaban J connectivity index is 2.26. The molecule has 0 radical (unpaired) electrons. The summed E-state index contributed by atoms with van der Waals surface area (Å²) >= 11 is 6.11. The Morgan fingerprint density at radius 1 is 1.44 bits per heavy atom. The summed E-state index contributed by atoms with van der Waals surface area (Å²) in [6.07, 6.45) is 1.01. The second kappa shape index (κ2) is 5.72. The fourth-order valence-electron chi connectivity index (χ4n) is 2.47. The molecule has 1 aliphatic heterocycles. The second-order valence-corrected chi connectivity index (χ2v) is 5.34. The predicted octanol–water partition coefficient (Wildman–Crippen LogP) is 2.55. The third-order valence-electron chi connectivity index (χ3n) is 3.32. The molecule has 0 aromatic heterocycles. The molecule has 0 spiro atoms. The summed E-state index contributed by atoms with van der Waals surface area (Å²) in [7, 11) is 0. The Kier molecular flexibility index (Phi) is 4.25. The smallest absolute Gasteiger partial charge is 0.255 e. The third kappa shape index (κ3) is 2.68. The highest BCUT2D eigenvalue weighted by molar-refractivity contribution is 6.33. The van der Waals surface area contributed by atoms with Crippen LogP contribution < -0.4 is 5.32 Å². The monoisotopic (exact) mass is 266 g/mol. The predicted molar refractivity (Wildman–Crippen MR) is 74.0 cm³/mol. The molecule has 2 rings (SSSR count). The van der Waals surface area contributed by atoms with Crippen molar-refractivity contribution in [3.8, 4) is 0 Å². The van der Waals surface area contributed by atoms with Crippen molar-refractivity contribution in [3.63, 3.8) is 0 Å². The quantitative estimate of drug-likeness (QED) is 0.912. The maximum Gasteiger partial charge on any atom is 0.255 e. The molecule has 0 bridgehead atoms. The Hall–Kier alpha value is -1.06. The lowest BCUT2D eigenvalue weighted by Gasteiger charge is -2.32. The average molecular weight is 267 g/mol. The molecule has 1 aliphatic rings. The Morgan fingerprint density at radius 2 is 2.17 bits per heavy atom. The Labute approximate surface area is 113 Å².